The van der Waals surface area contributed by atoms with Gasteiger partial charge in [0.25, 0.3) is 0 Å². The Morgan fingerprint density at radius 2 is 1.87 bits per heavy atom. The predicted octanol–water partition coefficient (Wildman–Crippen LogP) is 3.78. The topological polar surface area (TPSA) is 79.8 Å². The highest BCUT2D eigenvalue weighted by atomic mass is 127. The molecule has 30 heavy (non-hydrogen) atoms. The Labute approximate surface area is 200 Å². The van der Waals surface area contributed by atoms with E-state index in [0.29, 0.717) is 42.8 Å². The van der Waals surface area contributed by atoms with Crippen LogP contribution in [-0.2, 0) is 23.0 Å². The Morgan fingerprint density at radius 1 is 1.17 bits per heavy atom. The van der Waals surface area contributed by atoms with E-state index in [1.165, 1.54) is 0 Å². The Balaban J connectivity index is 0.00000320. The van der Waals surface area contributed by atoms with Crippen LogP contribution in [0.2, 0.25) is 5.02 Å². The maximum Gasteiger partial charge on any atom is 0.191 e. The van der Waals surface area contributed by atoms with E-state index < -0.39 is 9.84 Å². The predicted molar refractivity (Wildman–Crippen MR) is 133 cm³/mol. The summed E-state index contributed by atoms with van der Waals surface area (Å²) in [5.41, 5.74) is 2.06. The minimum Gasteiger partial charge on any atom is -0.487 e. The van der Waals surface area contributed by atoms with Crippen molar-refractivity contribution in [3.63, 3.8) is 0 Å². The van der Waals surface area contributed by atoms with Gasteiger partial charge in [-0.2, -0.15) is 0 Å². The smallest absolute Gasteiger partial charge is 0.191 e. The summed E-state index contributed by atoms with van der Waals surface area (Å²) in [5, 5.41) is 7.00. The average Bonchev–Trinajstić information content (AvgIpc) is 3.04. The lowest BCUT2D eigenvalue weighted by molar-refractivity contribution is 0.305. The second-order valence-corrected chi connectivity index (χ2v) is 9.56. The lowest BCUT2D eigenvalue weighted by Crippen LogP contribution is -2.44. The second kappa shape index (κ2) is 11.8. The standard InChI is InChI=1S/C21H26ClN3O3S.HI/c1-2-23-21(25-18-11-12-29(26,27)15-18)24-13-16-7-3-4-8-17(16)14-28-20-10-6-5-9-19(20)22;/h3-10,18H,2,11-15H2,1H3,(H2,23,24,25);1H. The third-order valence-corrected chi connectivity index (χ3v) is 6.74. The molecule has 3 rings (SSSR count). The van der Waals surface area contributed by atoms with Gasteiger partial charge in [-0.05, 0) is 36.6 Å². The van der Waals surface area contributed by atoms with E-state index in [-0.39, 0.29) is 41.5 Å². The first-order chi connectivity index (χ1) is 14.0. The molecule has 1 aliphatic heterocycles. The zero-order chi connectivity index (χ0) is 20.7. The lowest BCUT2D eigenvalue weighted by atomic mass is 10.1. The van der Waals surface area contributed by atoms with Gasteiger partial charge in [-0.1, -0.05) is 48.0 Å². The molecule has 2 aromatic carbocycles. The number of nitrogens with zero attached hydrogens (tertiary/aromatic N) is 1. The van der Waals surface area contributed by atoms with Crippen molar-refractivity contribution in [2.75, 3.05) is 18.1 Å². The highest BCUT2D eigenvalue weighted by Gasteiger charge is 2.28. The Morgan fingerprint density at radius 3 is 2.53 bits per heavy atom. The monoisotopic (exact) mass is 563 g/mol. The number of nitrogens with one attached hydrogen (secondary N) is 2. The van der Waals surface area contributed by atoms with Gasteiger partial charge in [0.1, 0.15) is 12.4 Å². The summed E-state index contributed by atoms with van der Waals surface area (Å²) >= 11 is 6.16. The maximum atomic E-state index is 11.7. The molecule has 0 amide bonds. The van der Waals surface area contributed by atoms with Crippen LogP contribution in [0.3, 0.4) is 0 Å². The van der Waals surface area contributed by atoms with Crippen molar-refractivity contribution in [3.05, 3.63) is 64.7 Å². The highest BCUT2D eigenvalue weighted by molar-refractivity contribution is 14.0. The molecule has 0 radical (unpaired) electrons. The summed E-state index contributed by atoms with van der Waals surface area (Å²) in [4.78, 5) is 4.65. The molecule has 1 saturated heterocycles. The first-order valence-corrected chi connectivity index (χ1v) is 11.9. The fourth-order valence-corrected chi connectivity index (χ4v) is 5.02. The van der Waals surface area contributed by atoms with Gasteiger partial charge in [0.2, 0.25) is 0 Å². The first kappa shape index (κ1) is 24.7. The van der Waals surface area contributed by atoms with Crippen LogP contribution in [0.15, 0.2) is 53.5 Å². The van der Waals surface area contributed by atoms with Crippen molar-refractivity contribution in [1.82, 2.24) is 10.6 Å². The van der Waals surface area contributed by atoms with Gasteiger partial charge >= 0.3 is 0 Å². The third kappa shape index (κ3) is 7.31. The Bertz CT molecular complexity index is 969. The number of ether oxygens (including phenoxy) is 1. The molecule has 1 heterocycles. The van der Waals surface area contributed by atoms with Crippen molar-refractivity contribution < 1.29 is 13.2 Å². The minimum atomic E-state index is -2.94. The van der Waals surface area contributed by atoms with E-state index >= 15 is 0 Å². The zero-order valence-corrected chi connectivity index (χ0v) is 20.7. The Hall–Kier alpha value is -1.52. The summed E-state index contributed by atoms with van der Waals surface area (Å²) < 4.78 is 29.3. The van der Waals surface area contributed by atoms with Gasteiger partial charge in [0.15, 0.2) is 15.8 Å². The van der Waals surface area contributed by atoms with Crippen molar-refractivity contribution in [2.24, 2.45) is 4.99 Å². The number of rotatable bonds is 7. The molecule has 0 bridgehead atoms. The number of guanidine groups is 1. The molecule has 0 aromatic heterocycles. The quantitative estimate of drug-likeness (QED) is 0.305. The number of sulfone groups is 1. The van der Waals surface area contributed by atoms with Crippen molar-refractivity contribution in [2.45, 2.75) is 32.5 Å². The van der Waals surface area contributed by atoms with Crippen LogP contribution in [0.1, 0.15) is 24.5 Å². The average molecular weight is 564 g/mol. The molecule has 6 nitrogen and oxygen atoms in total. The molecular formula is C21H27ClIN3O3S. The largest absolute Gasteiger partial charge is 0.487 e. The second-order valence-electron chi connectivity index (χ2n) is 6.93. The van der Waals surface area contributed by atoms with Crippen LogP contribution in [0, 0.1) is 0 Å². The molecule has 1 unspecified atom stereocenters. The van der Waals surface area contributed by atoms with Gasteiger partial charge in [-0.15, -0.1) is 24.0 Å². The molecule has 2 N–H and O–H groups in total. The summed E-state index contributed by atoms with van der Waals surface area (Å²) in [7, 11) is -2.94. The van der Waals surface area contributed by atoms with E-state index in [4.69, 9.17) is 16.3 Å². The number of benzene rings is 2. The summed E-state index contributed by atoms with van der Waals surface area (Å²) in [6.45, 7) is 3.52. The maximum absolute atomic E-state index is 11.7. The van der Waals surface area contributed by atoms with Crippen LogP contribution in [-0.4, -0.2) is 38.5 Å². The molecular weight excluding hydrogens is 537 g/mol. The van der Waals surface area contributed by atoms with Gasteiger partial charge in [-0.3, -0.25) is 0 Å². The third-order valence-electron chi connectivity index (χ3n) is 4.66. The first-order valence-electron chi connectivity index (χ1n) is 9.66. The van der Waals surface area contributed by atoms with E-state index in [1.54, 1.807) is 6.07 Å². The lowest BCUT2D eigenvalue weighted by Gasteiger charge is -2.16. The molecule has 1 fully saturated rings. The van der Waals surface area contributed by atoms with Gasteiger partial charge in [0.05, 0.1) is 23.1 Å². The van der Waals surface area contributed by atoms with E-state index in [2.05, 4.69) is 15.6 Å². The number of halogens is 2. The van der Waals surface area contributed by atoms with Crippen LogP contribution in [0.25, 0.3) is 0 Å². The number of para-hydroxylation sites is 1. The highest BCUT2D eigenvalue weighted by Crippen LogP contribution is 2.24. The summed E-state index contributed by atoms with van der Waals surface area (Å²) in [6.07, 6.45) is 0.606. The zero-order valence-electron chi connectivity index (χ0n) is 16.8. The Kier molecular flexibility index (Phi) is 9.70. The van der Waals surface area contributed by atoms with Gasteiger partial charge in [0, 0.05) is 12.6 Å². The van der Waals surface area contributed by atoms with Crippen molar-refractivity contribution in [1.29, 1.82) is 0 Å². The van der Waals surface area contributed by atoms with Crippen LogP contribution in [0.4, 0.5) is 0 Å². The summed E-state index contributed by atoms with van der Waals surface area (Å²) in [5.74, 6) is 1.65. The SMILES string of the molecule is CCNC(=NCc1ccccc1COc1ccccc1Cl)NC1CCS(=O)(=O)C1.I. The number of hydrogen-bond acceptors (Lipinski definition) is 4. The molecule has 0 aliphatic carbocycles. The van der Waals surface area contributed by atoms with E-state index in [9.17, 15) is 8.42 Å². The number of aliphatic imine (C=N–C) groups is 1. The molecule has 164 valence electrons. The van der Waals surface area contributed by atoms with E-state index in [0.717, 1.165) is 11.1 Å². The molecule has 9 heteroatoms. The molecule has 0 spiro atoms. The van der Waals surface area contributed by atoms with Gasteiger partial charge < -0.3 is 15.4 Å². The fraction of sp³-hybridized carbons (Fsp3) is 0.381. The minimum absolute atomic E-state index is 0. The number of hydrogen-bond donors (Lipinski definition) is 2. The van der Waals surface area contributed by atoms with Gasteiger partial charge in [-0.25, -0.2) is 13.4 Å². The molecule has 2 aromatic rings. The van der Waals surface area contributed by atoms with Crippen LogP contribution >= 0.6 is 35.6 Å². The van der Waals surface area contributed by atoms with E-state index in [1.807, 2.05) is 49.4 Å². The van der Waals surface area contributed by atoms with Crippen LogP contribution < -0.4 is 15.4 Å². The van der Waals surface area contributed by atoms with Crippen molar-refractivity contribution >= 4 is 51.4 Å². The molecule has 0 saturated carbocycles. The van der Waals surface area contributed by atoms with Crippen LogP contribution in [0.5, 0.6) is 5.75 Å². The molecule has 1 aliphatic rings. The normalized spacial score (nSPS) is 17.8. The van der Waals surface area contributed by atoms with Crippen molar-refractivity contribution in [3.8, 4) is 5.75 Å². The fourth-order valence-electron chi connectivity index (χ4n) is 3.16. The summed E-state index contributed by atoms with van der Waals surface area (Å²) in [6, 6.07) is 15.2. The molecule has 1 atom stereocenters.